The van der Waals surface area contributed by atoms with Crippen molar-refractivity contribution in [3.8, 4) is 0 Å². The van der Waals surface area contributed by atoms with Gasteiger partial charge in [0.2, 0.25) is 0 Å². The fourth-order valence-corrected chi connectivity index (χ4v) is 8.83. The molecular formula is C46H83N3O9. The van der Waals surface area contributed by atoms with E-state index >= 15 is 0 Å². The van der Waals surface area contributed by atoms with Crippen LogP contribution in [0.5, 0.6) is 0 Å². The highest BCUT2D eigenvalue weighted by Gasteiger charge is 2.47. The van der Waals surface area contributed by atoms with Crippen LogP contribution >= 0.6 is 0 Å². The van der Waals surface area contributed by atoms with Gasteiger partial charge in [0.05, 0.1) is 42.5 Å². The molecule has 0 aromatic heterocycles. The van der Waals surface area contributed by atoms with Gasteiger partial charge in [0.1, 0.15) is 12.2 Å². The van der Waals surface area contributed by atoms with Gasteiger partial charge in [0.15, 0.2) is 12.1 Å². The summed E-state index contributed by atoms with van der Waals surface area (Å²) in [6.07, 6.45) is 8.49. The van der Waals surface area contributed by atoms with Gasteiger partial charge >= 0.3 is 5.97 Å². The number of carbonyl (C=O) groups is 2. The van der Waals surface area contributed by atoms with Crippen LogP contribution in [0.2, 0.25) is 0 Å². The quantitative estimate of drug-likeness (QED) is 0.249. The number of rotatable bonds is 9. The topological polar surface area (TPSA) is 141 Å². The number of cyclic esters (lactones) is 1. The van der Waals surface area contributed by atoms with Gasteiger partial charge in [-0.3, -0.25) is 9.59 Å². The standard InChI is InChI=1S/C41H71N3O8.C5H12O/c1-8-35-32(26-44-20-13-10-14-21-44)23-27(2)15-16-33(45)28(3)24-31(17-22-43-18-11-9-12-19-43)40(29(4)34(46)25-36(47)51-35)52-41-39(49)37(42(6)7)38(48)30(5)50-41;1-5(2,3)6-4/h15-16,23,28-32,34-35,37-41,46,48-49H,8-14,17-22,24-26H2,1-7H3;1-4H3/b16-15+,27-23+;/t28?,29?,30-,31?,32?,34?,35?,37-,38+,39-,40?,41-;/m0./s1. The third kappa shape index (κ3) is 16.3. The molecule has 4 heterocycles. The van der Waals surface area contributed by atoms with Crippen LogP contribution in [0.15, 0.2) is 23.8 Å². The van der Waals surface area contributed by atoms with Crippen LogP contribution in [0.3, 0.4) is 0 Å². The average molecular weight is 822 g/mol. The molecule has 3 saturated heterocycles. The summed E-state index contributed by atoms with van der Waals surface area (Å²) in [6, 6.07) is -0.632. The Labute approximate surface area is 351 Å². The maximum absolute atomic E-state index is 13.8. The number of carbonyl (C=O) groups excluding carboxylic acids is 2. The molecule has 58 heavy (non-hydrogen) atoms. The van der Waals surface area contributed by atoms with Crippen LogP contribution in [-0.2, 0) is 28.5 Å². The van der Waals surface area contributed by atoms with E-state index in [-0.39, 0.29) is 41.7 Å². The van der Waals surface area contributed by atoms with Crippen LogP contribution < -0.4 is 0 Å². The van der Waals surface area contributed by atoms with E-state index in [1.165, 1.54) is 12.8 Å². The number of aliphatic hydroxyl groups excluding tert-OH is 3. The third-order valence-corrected chi connectivity index (χ3v) is 12.7. The van der Waals surface area contributed by atoms with Gasteiger partial charge < -0.3 is 49.0 Å². The minimum atomic E-state index is -1.17. The second-order valence-corrected chi connectivity index (χ2v) is 18.9. The van der Waals surface area contributed by atoms with Crippen molar-refractivity contribution in [2.24, 2.45) is 23.7 Å². The van der Waals surface area contributed by atoms with Crippen LogP contribution in [0, 0.1) is 23.7 Å². The van der Waals surface area contributed by atoms with Crippen molar-refractivity contribution in [3.05, 3.63) is 23.8 Å². The number of allylic oxidation sites excluding steroid dienone is 3. The smallest absolute Gasteiger partial charge is 0.308 e. The van der Waals surface area contributed by atoms with Gasteiger partial charge in [-0.15, -0.1) is 0 Å². The Kier molecular flexibility index (Phi) is 21.5. The molecular weight excluding hydrogens is 739 g/mol. The molecule has 4 aliphatic heterocycles. The number of aliphatic hydroxyl groups is 3. The van der Waals surface area contributed by atoms with Crippen LogP contribution in [-0.4, -0.2) is 157 Å². The molecule has 0 amide bonds. The number of likely N-dealkylation sites (N-methyl/N-ethyl adjacent to an activating group) is 1. The number of nitrogens with zero attached hydrogens (tertiary/aromatic N) is 3. The molecule has 3 N–H and O–H groups in total. The largest absolute Gasteiger partial charge is 0.462 e. The number of piperidine rings is 2. The first kappa shape index (κ1) is 50.6. The number of esters is 1. The molecule has 0 aliphatic carbocycles. The molecule has 7 unspecified atom stereocenters. The summed E-state index contributed by atoms with van der Waals surface area (Å²) in [5.41, 5.74) is 0.996. The zero-order valence-electron chi connectivity index (χ0n) is 38.1. The average Bonchev–Trinajstić information content (AvgIpc) is 3.18. The molecule has 0 spiro atoms. The summed E-state index contributed by atoms with van der Waals surface area (Å²) in [4.78, 5) is 34.1. The molecule has 4 aliphatic rings. The number of likely N-dealkylation sites (tertiary alicyclic amines) is 2. The van der Waals surface area contributed by atoms with E-state index in [1.807, 2.05) is 54.5 Å². The normalized spacial score (nSPS) is 37.3. The summed E-state index contributed by atoms with van der Waals surface area (Å²) in [5, 5.41) is 34.2. The Bertz CT molecular complexity index is 1280. The predicted molar refractivity (Wildman–Crippen MR) is 229 cm³/mol. The van der Waals surface area contributed by atoms with Crippen molar-refractivity contribution >= 4 is 11.8 Å². The van der Waals surface area contributed by atoms with E-state index in [0.717, 1.165) is 70.5 Å². The Morgan fingerprint density at radius 1 is 0.897 bits per heavy atom. The first-order valence-electron chi connectivity index (χ1n) is 22.5. The van der Waals surface area contributed by atoms with Gasteiger partial charge in [-0.2, -0.15) is 0 Å². The predicted octanol–water partition coefficient (Wildman–Crippen LogP) is 5.61. The lowest BCUT2D eigenvalue weighted by molar-refractivity contribution is -0.304. The molecule has 0 aromatic rings. The van der Waals surface area contributed by atoms with Crippen molar-refractivity contribution in [1.29, 1.82) is 0 Å². The van der Waals surface area contributed by atoms with E-state index in [1.54, 1.807) is 39.1 Å². The van der Waals surface area contributed by atoms with E-state index < -0.39 is 54.7 Å². The zero-order valence-corrected chi connectivity index (χ0v) is 38.1. The first-order valence-corrected chi connectivity index (χ1v) is 22.5. The number of ether oxygens (including phenoxy) is 4. The summed E-state index contributed by atoms with van der Waals surface area (Å²) < 4.78 is 24.0. The molecule has 0 saturated carbocycles. The number of ketones is 1. The van der Waals surface area contributed by atoms with Crippen molar-refractivity contribution < 1.29 is 43.9 Å². The lowest BCUT2D eigenvalue weighted by atomic mass is 9.79. The number of hydrogen-bond acceptors (Lipinski definition) is 12. The van der Waals surface area contributed by atoms with Crippen LogP contribution in [0.1, 0.15) is 120 Å². The van der Waals surface area contributed by atoms with Crippen molar-refractivity contribution in [3.63, 3.8) is 0 Å². The maximum atomic E-state index is 13.8. The van der Waals surface area contributed by atoms with Gasteiger partial charge in [0.25, 0.3) is 0 Å². The Morgan fingerprint density at radius 3 is 2.03 bits per heavy atom. The molecule has 0 radical (unpaired) electrons. The summed E-state index contributed by atoms with van der Waals surface area (Å²) in [6.45, 7) is 21.3. The molecule has 3 fully saturated rings. The SMILES string of the molecule is CCC1OC(=O)CC(O)C(C)C(O[C@@H]2O[C@@H](C)[C@@H](O)[C@H](N(C)C)[C@@H]2O)C(CCN2CCCCC2)CC(C)C(=O)/C=C/C(C)=C/C1CN1CCCCC1.COC(C)(C)C. The van der Waals surface area contributed by atoms with Gasteiger partial charge in [-0.25, -0.2) is 0 Å². The third-order valence-electron chi connectivity index (χ3n) is 12.7. The second kappa shape index (κ2) is 24.6. The van der Waals surface area contributed by atoms with Gasteiger partial charge in [-0.1, -0.05) is 51.3 Å². The number of hydrogen-bond donors (Lipinski definition) is 3. The Balaban J connectivity index is 0.00000139. The van der Waals surface area contributed by atoms with E-state index in [2.05, 4.69) is 15.9 Å². The van der Waals surface area contributed by atoms with Gasteiger partial charge in [-0.05, 0) is 138 Å². The molecule has 12 heteroatoms. The maximum Gasteiger partial charge on any atom is 0.308 e. The Hall–Kier alpha value is -1.74. The second-order valence-electron chi connectivity index (χ2n) is 18.9. The van der Waals surface area contributed by atoms with Crippen LogP contribution in [0.25, 0.3) is 0 Å². The van der Waals surface area contributed by atoms with E-state index in [4.69, 9.17) is 18.9 Å². The molecule has 12 atom stereocenters. The van der Waals surface area contributed by atoms with E-state index in [9.17, 15) is 24.9 Å². The zero-order chi connectivity index (χ0) is 43.2. The van der Waals surface area contributed by atoms with Crippen molar-refractivity contribution in [2.45, 2.75) is 174 Å². The lowest BCUT2D eigenvalue weighted by Crippen LogP contribution is -2.63. The fourth-order valence-electron chi connectivity index (χ4n) is 8.83. The monoisotopic (exact) mass is 822 g/mol. The minimum Gasteiger partial charge on any atom is -0.462 e. The summed E-state index contributed by atoms with van der Waals surface area (Å²) in [7, 11) is 5.31. The molecule has 0 aromatic carbocycles. The lowest BCUT2D eigenvalue weighted by Gasteiger charge is -2.47. The van der Waals surface area contributed by atoms with Gasteiger partial charge in [0, 0.05) is 31.4 Å². The fraction of sp³-hybridized carbons (Fsp3) is 0.870. The van der Waals surface area contributed by atoms with E-state index in [0.29, 0.717) is 19.3 Å². The Morgan fingerprint density at radius 2 is 1.48 bits per heavy atom. The molecule has 0 bridgehead atoms. The first-order chi connectivity index (χ1) is 27.3. The highest BCUT2D eigenvalue weighted by molar-refractivity contribution is 5.91. The van der Waals surface area contributed by atoms with Crippen LogP contribution in [0.4, 0.5) is 0 Å². The van der Waals surface area contributed by atoms with Crippen molar-refractivity contribution in [1.82, 2.24) is 14.7 Å². The molecule has 4 rings (SSSR count). The van der Waals surface area contributed by atoms with Crippen molar-refractivity contribution in [2.75, 3.05) is 60.5 Å². The highest BCUT2D eigenvalue weighted by atomic mass is 16.7. The highest BCUT2D eigenvalue weighted by Crippen LogP contribution is 2.35. The minimum absolute atomic E-state index is 0.0270. The summed E-state index contributed by atoms with van der Waals surface area (Å²) >= 11 is 0. The molecule has 12 nitrogen and oxygen atoms in total. The molecule has 336 valence electrons. The number of methoxy groups -OCH3 is 1. The summed E-state index contributed by atoms with van der Waals surface area (Å²) in [5.74, 6) is -1.58.